The molecule has 0 fully saturated rings. The van der Waals surface area contributed by atoms with E-state index in [9.17, 15) is 9.36 Å². The molecule has 0 aliphatic rings. The number of esters is 1. The second-order valence-corrected chi connectivity index (χ2v) is 8.33. The molecule has 0 bridgehead atoms. The standard InChI is InChI=1S/C21H21O4P.C4H6O2/c1-16-4-10-19(11-5-16)23-26(22,24-20-12-6-17(2)7-13-20)25-21-14-8-18(3)9-15-21;1-3-4(5)6-2/h4-15H,1-3H3;3H,1H2,2H3. The summed E-state index contributed by atoms with van der Waals surface area (Å²) in [5, 5.41) is 0. The Balaban J connectivity index is 0.000000534. The summed E-state index contributed by atoms with van der Waals surface area (Å²) in [5.74, 6) is 0.851. The Labute approximate surface area is 189 Å². The molecule has 0 radical (unpaired) electrons. The number of carbonyl (C=O) groups excluding carboxylic acids is 1. The number of aryl methyl sites for hydroxylation is 3. The first kappa shape index (κ1) is 24.8. The topological polar surface area (TPSA) is 71.1 Å². The molecule has 0 amide bonds. The van der Waals surface area contributed by atoms with Gasteiger partial charge in [-0.1, -0.05) is 59.7 Å². The van der Waals surface area contributed by atoms with Gasteiger partial charge in [-0.2, -0.15) is 4.57 Å². The van der Waals surface area contributed by atoms with Gasteiger partial charge >= 0.3 is 13.8 Å². The van der Waals surface area contributed by atoms with Crippen LogP contribution < -0.4 is 13.6 Å². The van der Waals surface area contributed by atoms with Gasteiger partial charge in [0.05, 0.1) is 7.11 Å². The molecule has 0 spiro atoms. The number of hydrogen-bond acceptors (Lipinski definition) is 6. The molecule has 0 aliphatic heterocycles. The first-order chi connectivity index (χ1) is 15.2. The SMILES string of the molecule is C=CC(=O)OC.Cc1ccc(OP(=O)(Oc2ccc(C)cc2)Oc2ccc(C)cc2)cc1. The van der Waals surface area contributed by atoms with Crippen LogP contribution >= 0.6 is 7.82 Å². The van der Waals surface area contributed by atoms with Crippen LogP contribution in [0.5, 0.6) is 17.2 Å². The highest BCUT2D eigenvalue weighted by Gasteiger charge is 2.33. The summed E-state index contributed by atoms with van der Waals surface area (Å²) in [5.41, 5.74) is 3.23. The molecule has 7 heteroatoms. The van der Waals surface area contributed by atoms with Crippen molar-refractivity contribution in [2.75, 3.05) is 7.11 Å². The minimum Gasteiger partial charge on any atom is -0.466 e. The maximum atomic E-state index is 13.3. The predicted octanol–water partition coefficient (Wildman–Crippen LogP) is 6.60. The lowest BCUT2D eigenvalue weighted by Crippen LogP contribution is -2.07. The summed E-state index contributed by atoms with van der Waals surface area (Å²) in [6.45, 7) is 9.06. The number of phosphoric ester groups is 1. The van der Waals surface area contributed by atoms with Crippen LogP contribution in [0.3, 0.4) is 0 Å². The number of phosphoric acid groups is 1. The number of ether oxygens (including phenoxy) is 1. The predicted molar refractivity (Wildman–Crippen MR) is 125 cm³/mol. The highest BCUT2D eigenvalue weighted by Crippen LogP contribution is 2.49. The van der Waals surface area contributed by atoms with Crippen molar-refractivity contribution in [3.05, 3.63) is 102 Å². The maximum Gasteiger partial charge on any atom is 0.647 e. The van der Waals surface area contributed by atoms with Crippen LogP contribution in [0.2, 0.25) is 0 Å². The van der Waals surface area contributed by atoms with E-state index in [-0.39, 0.29) is 0 Å². The van der Waals surface area contributed by atoms with E-state index in [0.29, 0.717) is 17.2 Å². The zero-order chi connectivity index (χ0) is 23.6. The van der Waals surface area contributed by atoms with Gasteiger partial charge < -0.3 is 18.3 Å². The van der Waals surface area contributed by atoms with Crippen LogP contribution in [0, 0.1) is 20.8 Å². The normalized spacial score (nSPS) is 10.2. The first-order valence-corrected chi connectivity index (χ1v) is 11.3. The van der Waals surface area contributed by atoms with Gasteiger partial charge in [-0.3, -0.25) is 0 Å². The van der Waals surface area contributed by atoms with E-state index >= 15 is 0 Å². The van der Waals surface area contributed by atoms with Crippen LogP contribution in [0.25, 0.3) is 0 Å². The quantitative estimate of drug-likeness (QED) is 0.227. The molecule has 0 aromatic heterocycles. The molecule has 168 valence electrons. The van der Waals surface area contributed by atoms with Crippen LogP contribution in [0.15, 0.2) is 85.5 Å². The van der Waals surface area contributed by atoms with Crippen LogP contribution in [0.4, 0.5) is 0 Å². The van der Waals surface area contributed by atoms with E-state index in [2.05, 4.69) is 11.3 Å². The average Bonchev–Trinajstić information content (AvgIpc) is 2.78. The zero-order valence-corrected chi connectivity index (χ0v) is 19.5. The number of hydrogen-bond donors (Lipinski definition) is 0. The van der Waals surface area contributed by atoms with Gasteiger partial charge in [-0.25, -0.2) is 4.79 Å². The molecule has 0 N–H and O–H groups in total. The van der Waals surface area contributed by atoms with E-state index in [1.165, 1.54) is 7.11 Å². The van der Waals surface area contributed by atoms with Gasteiger partial charge in [-0.15, -0.1) is 0 Å². The maximum absolute atomic E-state index is 13.3. The van der Waals surface area contributed by atoms with E-state index < -0.39 is 13.8 Å². The Kier molecular flexibility index (Phi) is 9.11. The zero-order valence-electron chi connectivity index (χ0n) is 18.6. The van der Waals surface area contributed by atoms with Crippen molar-refractivity contribution in [1.29, 1.82) is 0 Å². The second-order valence-electron chi connectivity index (χ2n) is 6.89. The van der Waals surface area contributed by atoms with Crippen molar-refractivity contribution in [3.63, 3.8) is 0 Å². The Bertz CT molecular complexity index is 935. The molecule has 0 aliphatic carbocycles. The fourth-order valence-corrected chi connectivity index (χ4v) is 3.58. The van der Waals surface area contributed by atoms with Gasteiger partial charge in [0.15, 0.2) is 0 Å². The second kappa shape index (κ2) is 11.8. The summed E-state index contributed by atoms with van der Waals surface area (Å²) in [6, 6.07) is 21.6. The van der Waals surface area contributed by atoms with Crippen molar-refractivity contribution in [1.82, 2.24) is 0 Å². The lowest BCUT2D eigenvalue weighted by molar-refractivity contribution is -0.134. The number of benzene rings is 3. The molecule has 0 heterocycles. The minimum atomic E-state index is -3.93. The number of methoxy groups -OCH3 is 1. The van der Waals surface area contributed by atoms with Crippen LogP contribution in [0.1, 0.15) is 16.7 Å². The fraction of sp³-hybridized carbons (Fsp3) is 0.160. The van der Waals surface area contributed by atoms with E-state index in [1.54, 1.807) is 36.4 Å². The first-order valence-electron chi connectivity index (χ1n) is 9.82. The van der Waals surface area contributed by atoms with E-state index in [4.69, 9.17) is 13.6 Å². The molecule has 0 saturated heterocycles. The smallest absolute Gasteiger partial charge is 0.466 e. The molecular weight excluding hydrogens is 427 g/mol. The monoisotopic (exact) mass is 454 g/mol. The van der Waals surface area contributed by atoms with Crippen molar-refractivity contribution in [2.24, 2.45) is 0 Å². The third kappa shape index (κ3) is 8.32. The third-order valence-corrected chi connectivity index (χ3v) is 5.39. The van der Waals surface area contributed by atoms with Gasteiger partial charge in [0.25, 0.3) is 0 Å². The molecular formula is C25H27O6P. The molecule has 0 saturated carbocycles. The van der Waals surface area contributed by atoms with Crippen molar-refractivity contribution in [3.8, 4) is 17.2 Å². The lowest BCUT2D eigenvalue weighted by atomic mass is 10.2. The van der Waals surface area contributed by atoms with E-state index in [0.717, 1.165) is 22.8 Å². The van der Waals surface area contributed by atoms with Gasteiger partial charge in [-0.05, 0) is 57.2 Å². The van der Waals surface area contributed by atoms with Gasteiger partial charge in [0, 0.05) is 6.08 Å². The third-order valence-electron chi connectivity index (χ3n) is 4.08. The van der Waals surface area contributed by atoms with Gasteiger partial charge in [0.2, 0.25) is 0 Å². The lowest BCUT2D eigenvalue weighted by Gasteiger charge is -2.19. The highest BCUT2D eigenvalue weighted by molar-refractivity contribution is 7.49. The fourth-order valence-electron chi connectivity index (χ4n) is 2.32. The molecule has 3 aromatic rings. The molecule has 3 rings (SSSR count). The molecule has 0 unspecified atom stereocenters. The van der Waals surface area contributed by atoms with Crippen LogP contribution in [-0.4, -0.2) is 13.1 Å². The Morgan fingerprint density at radius 1 is 0.688 bits per heavy atom. The van der Waals surface area contributed by atoms with Crippen molar-refractivity contribution >= 4 is 13.8 Å². The Morgan fingerprint density at radius 3 is 1.16 bits per heavy atom. The van der Waals surface area contributed by atoms with E-state index in [1.807, 2.05) is 57.2 Å². The molecule has 6 nitrogen and oxygen atoms in total. The summed E-state index contributed by atoms with van der Waals surface area (Å²) < 4.78 is 34.4. The van der Waals surface area contributed by atoms with Crippen molar-refractivity contribution < 1.29 is 27.7 Å². The molecule has 32 heavy (non-hydrogen) atoms. The molecule has 0 atom stereocenters. The summed E-state index contributed by atoms with van der Waals surface area (Å²) >= 11 is 0. The highest BCUT2D eigenvalue weighted by atomic mass is 31.2. The largest absolute Gasteiger partial charge is 0.647 e. The van der Waals surface area contributed by atoms with Crippen molar-refractivity contribution in [2.45, 2.75) is 20.8 Å². The summed E-state index contributed by atoms with van der Waals surface area (Å²) in [6.07, 6.45) is 1.11. The average molecular weight is 454 g/mol. The minimum absolute atomic E-state index is 0.394. The Hall–Kier alpha value is -3.50. The summed E-state index contributed by atoms with van der Waals surface area (Å²) in [7, 11) is -2.62. The summed E-state index contributed by atoms with van der Waals surface area (Å²) in [4.78, 5) is 9.84. The Morgan fingerprint density at radius 2 is 0.969 bits per heavy atom. The van der Waals surface area contributed by atoms with Gasteiger partial charge in [0.1, 0.15) is 17.2 Å². The molecule has 3 aromatic carbocycles. The number of rotatable bonds is 7. The van der Waals surface area contributed by atoms with Crippen LogP contribution in [-0.2, 0) is 14.1 Å². The number of carbonyl (C=O) groups is 1.